The Kier molecular flexibility index (Phi) is 8.78. The zero-order chi connectivity index (χ0) is 16.9. The highest BCUT2D eigenvalue weighted by atomic mass is 127. The maximum absolute atomic E-state index is 6.07. The van der Waals surface area contributed by atoms with Gasteiger partial charge in [0.05, 0.1) is 0 Å². The van der Waals surface area contributed by atoms with Crippen molar-refractivity contribution in [3.8, 4) is 0 Å². The molecule has 0 bridgehead atoms. The number of benzene rings is 1. The Morgan fingerprint density at radius 2 is 2.00 bits per heavy atom. The van der Waals surface area contributed by atoms with Crippen LogP contribution in [0.25, 0.3) is 0 Å². The van der Waals surface area contributed by atoms with Crippen LogP contribution in [0, 0.1) is 0 Å². The monoisotopic (exact) mass is 540 g/mol. The molecule has 1 heterocycles. The van der Waals surface area contributed by atoms with Crippen LogP contribution >= 0.6 is 51.5 Å². The third-order valence-corrected chi connectivity index (χ3v) is 5.86. The summed E-state index contributed by atoms with van der Waals surface area (Å²) in [6.45, 7) is 3.27. The Morgan fingerprint density at radius 3 is 2.64 bits per heavy atom. The number of piperidine rings is 1. The Labute approximate surface area is 181 Å². The van der Waals surface area contributed by atoms with Gasteiger partial charge in [0, 0.05) is 48.3 Å². The summed E-state index contributed by atoms with van der Waals surface area (Å²) in [6.07, 6.45) is 6.12. The molecule has 7 heteroatoms. The molecule has 0 unspecified atom stereocenters. The van der Waals surface area contributed by atoms with Crippen LogP contribution in [-0.4, -0.2) is 49.6 Å². The minimum atomic E-state index is 0. The van der Waals surface area contributed by atoms with E-state index in [-0.39, 0.29) is 24.0 Å². The van der Waals surface area contributed by atoms with Crippen molar-refractivity contribution in [3.63, 3.8) is 0 Å². The predicted molar refractivity (Wildman–Crippen MR) is 120 cm³/mol. The summed E-state index contributed by atoms with van der Waals surface area (Å²) < 4.78 is 1.10. The fourth-order valence-electron chi connectivity index (χ4n) is 3.29. The van der Waals surface area contributed by atoms with E-state index in [1.807, 2.05) is 25.2 Å². The van der Waals surface area contributed by atoms with Gasteiger partial charge in [-0.05, 0) is 55.9 Å². The highest BCUT2D eigenvalue weighted by Crippen LogP contribution is 2.29. The number of rotatable bonds is 5. The quantitative estimate of drug-likeness (QED) is 0.336. The second-order valence-corrected chi connectivity index (χ2v) is 7.96. The first-order valence-corrected chi connectivity index (χ1v) is 9.98. The number of guanidine groups is 1. The van der Waals surface area contributed by atoms with E-state index in [1.165, 1.54) is 44.3 Å². The maximum atomic E-state index is 6.07. The van der Waals surface area contributed by atoms with Gasteiger partial charge in [0.2, 0.25) is 0 Å². The Bertz CT molecular complexity index is 586. The normalized spacial score (nSPS) is 19.4. The minimum Gasteiger partial charge on any atom is -0.356 e. The molecule has 1 aliphatic heterocycles. The summed E-state index contributed by atoms with van der Waals surface area (Å²) in [6, 6.07) is 7.33. The SMILES string of the molecule is CN=C(NCCc1cc(Cl)ccc1Br)NC1CCN(C2CC2)CC1.I. The van der Waals surface area contributed by atoms with E-state index in [2.05, 4.69) is 36.5 Å². The lowest BCUT2D eigenvalue weighted by molar-refractivity contribution is 0.197. The first kappa shape index (κ1) is 21.3. The third-order valence-electron chi connectivity index (χ3n) is 4.85. The van der Waals surface area contributed by atoms with Crippen molar-refractivity contribution in [2.45, 2.75) is 44.2 Å². The van der Waals surface area contributed by atoms with Crippen LogP contribution in [0.4, 0.5) is 0 Å². The van der Waals surface area contributed by atoms with Crippen molar-refractivity contribution >= 4 is 57.5 Å². The molecule has 1 aromatic carbocycles. The van der Waals surface area contributed by atoms with Gasteiger partial charge in [0.1, 0.15) is 0 Å². The van der Waals surface area contributed by atoms with Gasteiger partial charge < -0.3 is 15.5 Å². The molecule has 0 spiro atoms. The van der Waals surface area contributed by atoms with Gasteiger partial charge in [-0.3, -0.25) is 4.99 Å². The molecule has 0 aromatic heterocycles. The number of aliphatic imine (C=N–C) groups is 1. The van der Waals surface area contributed by atoms with Gasteiger partial charge in [0.15, 0.2) is 5.96 Å². The second-order valence-electron chi connectivity index (χ2n) is 6.67. The maximum Gasteiger partial charge on any atom is 0.191 e. The van der Waals surface area contributed by atoms with Crippen LogP contribution in [0.15, 0.2) is 27.7 Å². The molecule has 3 rings (SSSR count). The molecular formula is C18H27BrClIN4. The van der Waals surface area contributed by atoms with Crippen molar-refractivity contribution in [1.29, 1.82) is 0 Å². The zero-order valence-corrected chi connectivity index (χ0v) is 19.3. The fourth-order valence-corrected chi connectivity index (χ4v) is 3.93. The molecule has 1 aromatic rings. The third kappa shape index (κ3) is 6.56. The molecule has 1 saturated heterocycles. The number of likely N-dealkylation sites (tertiary alicyclic amines) is 1. The summed E-state index contributed by atoms with van der Waals surface area (Å²) >= 11 is 9.65. The first-order valence-electron chi connectivity index (χ1n) is 8.81. The summed E-state index contributed by atoms with van der Waals surface area (Å²) in [7, 11) is 1.84. The summed E-state index contributed by atoms with van der Waals surface area (Å²) in [5.41, 5.74) is 1.21. The lowest BCUT2D eigenvalue weighted by Gasteiger charge is -2.33. The first-order chi connectivity index (χ1) is 11.7. The number of hydrogen-bond donors (Lipinski definition) is 2. The van der Waals surface area contributed by atoms with Crippen molar-refractivity contribution in [3.05, 3.63) is 33.3 Å². The van der Waals surface area contributed by atoms with Crippen LogP contribution in [0.5, 0.6) is 0 Å². The molecule has 0 radical (unpaired) electrons. The molecule has 25 heavy (non-hydrogen) atoms. The molecular weight excluding hydrogens is 514 g/mol. The van der Waals surface area contributed by atoms with Crippen LogP contribution in [0.1, 0.15) is 31.2 Å². The average molecular weight is 542 g/mol. The average Bonchev–Trinajstić information content (AvgIpc) is 3.42. The zero-order valence-electron chi connectivity index (χ0n) is 14.6. The number of nitrogens with zero attached hydrogens (tertiary/aromatic N) is 2. The topological polar surface area (TPSA) is 39.7 Å². The Balaban J connectivity index is 0.00000225. The van der Waals surface area contributed by atoms with Gasteiger partial charge in [-0.1, -0.05) is 27.5 Å². The minimum absolute atomic E-state index is 0. The molecule has 2 fully saturated rings. The van der Waals surface area contributed by atoms with Gasteiger partial charge in [-0.25, -0.2) is 0 Å². The molecule has 4 nitrogen and oxygen atoms in total. The Morgan fingerprint density at radius 1 is 1.28 bits per heavy atom. The predicted octanol–water partition coefficient (Wildman–Crippen LogP) is 4.05. The van der Waals surface area contributed by atoms with E-state index in [9.17, 15) is 0 Å². The summed E-state index contributed by atoms with van der Waals surface area (Å²) in [5, 5.41) is 7.77. The molecule has 0 amide bonds. The molecule has 0 atom stereocenters. The lowest BCUT2D eigenvalue weighted by Crippen LogP contribution is -2.49. The second kappa shape index (κ2) is 10.3. The van der Waals surface area contributed by atoms with Crippen LogP contribution in [0.3, 0.4) is 0 Å². The highest BCUT2D eigenvalue weighted by Gasteiger charge is 2.31. The van der Waals surface area contributed by atoms with E-state index < -0.39 is 0 Å². The molecule has 1 aliphatic carbocycles. The van der Waals surface area contributed by atoms with Crippen molar-refractivity contribution in [2.75, 3.05) is 26.7 Å². The van der Waals surface area contributed by atoms with Crippen LogP contribution < -0.4 is 10.6 Å². The van der Waals surface area contributed by atoms with Crippen molar-refractivity contribution in [1.82, 2.24) is 15.5 Å². The number of halogens is 3. The van der Waals surface area contributed by atoms with Crippen molar-refractivity contribution < 1.29 is 0 Å². The Hall–Kier alpha value is -0.0500. The molecule has 2 aliphatic rings. The number of hydrogen-bond acceptors (Lipinski definition) is 2. The van der Waals surface area contributed by atoms with E-state index in [0.29, 0.717) is 6.04 Å². The van der Waals surface area contributed by atoms with Crippen LogP contribution in [0.2, 0.25) is 5.02 Å². The van der Waals surface area contributed by atoms with E-state index in [4.69, 9.17) is 11.6 Å². The van der Waals surface area contributed by atoms with E-state index in [1.54, 1.807) is 0 Å². The smallest absolute Gasteiger partial charge is 0.191 e. The van der Waals surface area contributed by atoms with E-state index in [0.717, 1.165) is 34.5 Å². The summed E-state index contributed by atoms with van der Waals surface area (Å²) in [4.78, 5) is 7.01. The molecule has 140 valence electrons. The standard InChI is InChI=1S/C18H26BrClN4.HI/c1-21-18(22-9-6-13-12-14(20)2-5-17(13)19)23-15-7-10-24(11-8-15)16-3-4-16;/h2,5,12,15-16H,3-4,6-11H2,1H3,(H2,21,22,23);1H. The fraction of sp³-hybridized carbons (Fsp3) is 0.611. The van der Waals surface area contributed by atoms with Gasteiger partial charge >= 0.3 is 0 Å². The largest absolute Gasteiger partial charge is 0.356 e. The molecule has 2 N–H and O–H groups in total. The van der Waals surface area contributed by atoms with E-state index >= 15 is 0 Å². The van der Waals surface area contributed by atoms with Gasteiger partial charge in [-0.2, -0.15) is 0 Å². The van der Waals surface area contributed by atoms with Gasteiger partial charge in [0.25, 0.3) is 0 Å². The van der Waals surface area contributed by atoms with Gasteiger partial charge in [-0.15, -0.1) is 24.0 Å². The number of nitrogens with one attached hydrogen (secondary N) is 2. The summed E-state index contributed by atoms with van der Waals surface area (Å²) in [5.74, 6) is 0.901. The highest BCUT2D eigenvalue weighted by molar-refractivity contribution is 14.0. The van der Waals surface area contributed by atoms with Crippen LogP contribution in [-0.2, 0) is 6.42 Å². The van der Waals surface area contributed by atoms with Crippen molar-refractivity contribution in [2.24, 2.45) is 4.99 Å². The lowest BCUT2D eigenvalue weighted by atomic mass is 10.1. The molecule has 1 saturated carbocycles.